The summed E-state index contributed by atoms with van der Waals surface area (Å²) in [5, 5.41) is 0. The third-order valence-corrected chi connectivity index (χ3v) is 2.24. The molecule has 0 spiro atoms. The third kappa shape index (κ3) is 0.826. The number of rotatable bonds is 0. The molecule has 0 saturated heterocycles. The van der Waals surface area contributed by atoms with Gasteiger partial charge in [0, 0.05) is 12.2 Å². The first-order chi connectivity index (χ1) is 5.70. The van der Waals surface area contributed by atoms with E-state index in [0.29, 0.717) is 5.82 Å². The number of hydrogen-bond acceptors (Lipinski definition) is 2. The van der Waals surface area contributed by atoms with Gasteiger partial charge in [-0.1, -0.05) is 6.08 Å². The van der Waals surface area contributed by atoms with Crippen molar-refractivity contribution >= 4 is 5.78 Å². The van der Waals surface area contributed by atoms with Crippen LogP contribution in [0.2, 0.25) is 0 Å². The molecule has 62 valence electrons. The number of carbonyl (C=O) groups excluding carboxylic acids is 1. The maximum Gasteiger partial charge on any atom is 0.221 e. The van der Waals surface area contributed by atoms with E-state index >= 15 is 0 Å². The maximum atomic E-state index is 11.3. The van der Waals surface area contributed by atoms with Crippen molar-refractivity contribution in [2.75, 3.05) is 0 Å². The zero-order valence-electron chi connectivity index (χ0n) is 7.16. The average molecular weight is 162 g/mol. The number of fused-ring (bicyclic) bond motifs is 1. The molecule has 1 aromatic rings. The first-order valence-corrected chi connectivity index (χ1v) is 3.95. The number of aromatic nitrogens is 2. The summed E-state index contributed by atoms with van der Waals surface area (Å²) in [6.45, 7) is 4.68. The molecular weight excluding hydrogens is 152 g/mol. The minimum absolute atomic E-state index is 0.0115. The lowest BCUT2D eigenvalue weighted by Gasteiger charge is -2.08. The Kier molecular flexibility index (Phi) is 1.40. The van der Waals surface area contributed by atoms with Crippen LogP contribution in [-0.2, 0) is 6.54 Å². The summed E-state index contributed by atoms with van der Waals surface area (Å²) in [5.41, 5.74) is 2.03. The second kappa shape index (κ2) is 2.30. The molecule has 0 atom stereocenters. The predicted octanol–water partition coefficient (Wildman–Crippen LogP) is 1.25. The summed E-state index contributed by atoms with van der Waals surface area (Å²) in [4.78, 5) is 15.5. The third-order valence-electron chi connectivity index (χ3n) is 2.24. The Labute approximate surface area is 70.7 Å². The van der Waals surface area contributed by atoms with Crippen LogP contribution in [0.5, 0.6) is 0 Å². The molecule has 0 unspecified atom stereocenters. The highest BCUT2D eigenvalue weighted by molar-refractivity contribution is 6.02. The fraction of sp³-hybridized carbons (Fsp3) is 0.333. The molecule has 0 bridgehead atoms. The molecule has 1 aliphatic heterocycles. The number of allylic oxidation sites excluding steroid dienone is 2. The Bertz CT molecular complexity index is 374. The van der Waals surface area contributed by atoms with Gasteiger partial charge in [-0.15, -0.1) is 0 Å². The molecule has 1 aromatic heterocycles. The number of imidazole rings is 1. The summed E-state index contributed by atoms with van der Waals surface area (Å²) in [7, 11) is 0. The van der Waals surface area contributed by atoms with Gasteiger partial charge in [0.15, 0.2) is 5.82 Å². The smallest absolute Gasteiger partial charge is 0.221 e. The standard InChI is InChI=1S/C9H10N2O/c1-6-7(2)11-5-3-4-8(12)9(11)10-6/h3-4H,5H2,1-2H3. The summed E-state index contributed by atoms with van der Waals surface area (Å²) < 4.78 is 1.94. The van der Waals surface area contributed by atoms with E-state index in [-0.39, 0.29) is 5.78 Å². The molecular formula is C9H10N2O. The van der Waals surface area contributed by atoms with E-state index < -0.39 is 0 Å². The van der Waals surface area contributed by atoms with Gasteiger partial charge in [0.1, 0.15) is 0 Å². The Balaban J connectivity index is 2.65. The van der Waals surface area contributed by atoms with Gasteiger partial charge in [0.05, 0.1) is 5.69 Å². The van der Waals surface area contributed by atoms with Crippen LogP contribution in [0.4, 0.5) is 0 Å². The van der Waals surface area contributed by atoms with Crippen molar-refractivity contribution in [3.05, 3.63) is 29.4 Å². The van der Waals surface area contributed by atoms with E-state index in [1.54, 1.807) is 6.08 Å². The summed E-state index contributed by atoms with van der Waals surface area (Å²) in [5.74, 6) is 0.588. The van der Waals surface area contributed by atoms with Crippen LogP contribution >= 0.6 is 0 Å². The van der Waals surface area contributed by atoms with Crippen LogP contribution in [0.3, 0.4) is 0 Å². The molecule has 0 aliphatic carbocycles. The van der Waals surface area contributed by atoms with Gasteiger partial charge in [0.25, 0.3) is 0 Å². The quantitative estimate of drug-likeness (QED) is 0.575. The average Bonchev–Trinajstić information content (AvgIpc) is 2.32. The van der Waals surface area contributed by atoms with Gasteiger partial charge in [-0.25, -0.2) is 4.98 Å². The fourth-order valence-corrected chi connectivity index (χ4v) is 1.41. The highest BCUT2D eigenvalue weighted by Crippen LogP contribution is 2.14. The summed E-state index contributed by atoms with van der Waals surface area (Å²) in [6.07, 6.45) is 3.45. The molecule has 0 fully saturated rings. The normalized spacial score (nSPS) is 15.0. The molecule has 3 nitrogen and oxygen atoms in total. The molecule has 0 saturated carbocycles. The molecule has 3 heteroatoms. The van der Waals surface area contributed by atoms with E-state index in [9.17, 15) is 4.79 Å². The number of carbonyl (C=O) groups is 1. The number of aryl methyl sites for hydroxylation is 1. The Morgan fingerprint density at radius 2 is 2.25 bits per heavy atom. The maximum absolute atomic E-state index is 11.3. The SMILES string of the molecule is Cc1nc2n(c1C)CC=CC2=O. The van der Waals surface area contributed by atoms with Crippen molar-refractivity contribution in [1.82, 2.24) is 9.55 Å². The van der Waals surface area contributed by atoms with Crippen LogP contribution in [0.25, 0.3) is 0 Å². The van der Waals surface area contributed by atoms with Gasteiger partial charge in [0.2, 0.25) is 5.78 Å². The van der Waals surface area contributed by atoms with E-state index in [1.165, 1.54) is 0 Å². The largest absolute Gasteiger partial charge is 0.322 e. The van der Waals surface area contributed by atoms with Crippen molar-refractivity contribution < 1.29 is 4.79 Å². The highest BCUT2D eigenvalue weighted by Gasteiger charge is 2.17. The molecule has 2 rings (SSSR count). The van der Waals surface area contributed by atoms with E-state index in [1.807, 2.05) is 24.5 Å². The summed E-state index contributed by atoms with van der Waals surface area (Å²) >= 11 is 0. The van der Waals surface area contributed by atoms with E-state index in [4.69, 9.17) is 0 Å². The van der Waals surface area contributed by atoms with E-state index in [2.05, 4.69) is 4.98 Å². The van der Waals surface area contributed by atoms with Crippen LogP contribution < -0.4 is 0 Å². The number of nitrogens with zero attached hydrogens (tertiary/aromatic N) is 2. The van der Waals surface area contributed by atoms with Crippen molar-refractivity contribution in [1.29, 1.82) is 0 Å². The Hall–Kier alpha value is -1.38. The minimum Gasteiger partial charge on any atom is -0.322 e. The van der Waals surface area contributed by atoms with Crippen LogP contribution in [0.15, 0.2) is 12.2 Å². The number of hydrogen-bond donors (Lipinski definition) is 0. The molecule has 2 heterocycles. The Morgan fingerprint density at radius 1 is 1.50 bits per heavy atom. The minimum atomic E-state index is 0.0115. The molecule has 0 N–H and O–H groups in total. The lowest BCUT2D eigenvalue weighted by atomic mass is 10.2. The Morgan fingerprint density at radius 3 is 2.92 bits per heavy atom. The topological polar surface area (TPSA) is 34.9 Å². The van der Waals surface area contributed by atoms with Crippen LogP contribution in [0.1, 0.15) is 22.0 Å². The second-order valence-electron chi connectivity index (χ2n) is 2.98. The van der Waals surface area contributed by atoms with Crippen LogP contribution in [-0.4, -0.2) is 15.3 Å². The lowest BCUT2D eigenvalue weighted by molar-refractivity contribution is 0.103. The van der Waals surface area contributed by atoms with Crippen LogP contribution in [0, 0.1) is 13.8 Å². The van der Waals surface area contributed by atoms with Gasteiger partial charge in [-0.05, 0) is 19.9 Å². The van der Waals surface area contributed by atoms with Crippen molar-refractivity contribution in [3.8, 4) is 0 Å². The first kappa shape index (κ1) is 7.28. The second-order valence-corrected chi connectivity index (χ2v) is 2.98. The van der Waals surface area contributed by atoms with Crippen molar-refractivity contribution in [3.63, 3.8) is 0 Å². The fourth-order valence-electron chi connectivity index (χ4n) is 1.41. The summed E-state index contributed by atoms with van der Waals surface area (Å²) in [6, 6.07) is 0. The number of ketones is 1. The molecule has 0 aromatic carbocycles. The zero-order valence-corrected chi connectivity index (χ0v) is 7.16. The zero-order chi connectivity index (χ0) is 8.72. The van der Waals surface area contributed by atoms with Crippen molar-refractivity contribution in [2.45, 2.75) is 20.4 Å². The monoisotopic (exact) mass is 162 g/mol. The molecule has 1 aliphatic rings. The molecule has 0 radical (unpaired) electrons. The highest BCUT2D eigenvalue weighted by atomic mass is 16.1. The van der Waals surface area contributed by atoms with E-state index in [0.717, 1.165) is 17.9 Å². The first-order valence-electron chi connectivity index (χ1n) is 3.95. The van der Waals surface area contributed by atoms with Gasteiger partial charge >= 0.3 is 0 Å². The predicted molar refractivity (Wildman–Crippen MR) is 45.2 cm³/mol. The lowest BCUT2D eigenvalue weighted by Crippen LogP contribution is -2.13. The molecule has 12 heavy (non-hydrogen) atoms. The van der Waals surface area contributed by atoms with Gasteiger partial charge in [-0.3, -0.25) is 4.79 Å². The van der Waals surface area contributed by atoms with Gasteiger partial charge in [-0.2, -0.15) is 0 Å². The van der Waals surface area contributed by atoms with Gasteiger partial charge < -0.3 is 4.57 Å². The van der Waals surface area contributed by atoms with Crippen molar-refractivity contribution in [2.24, 2.45) is 0 Å². The molecule has 0 amide bonds.